The van der Waals surface area contributed by atoms with E-state index in [9.17, 15) is 9.59 Å². The summed E-state index contributed by atoms with van der Waals surface area (Å²) < 4.78 is 0. The number of hydrogen-bond acceptors (Lipinski definition) is 4. The van der Waals surface area contributed by atoms with Crippen LogP contribution in [0.4, 0.5) is 5.82 Å². The summed E-state index contributed by atoms with van der Waals surface area (Å²) in [5.74, 6) is 0.0339. The first-order valence-electron chi connectivity index (χ1n) is 6.38. The van der Waals surface area contributed by atoms with E-state index in [1.807, 2.05) is 13.8 Å². The SMILES string of the molecule is Cc1[nH]nc(NC(=O)c2n[nH]c(=O)c3ccccc23)c1C. The van der Waals surface area contributed by atoms with Crippen molar-refractivity contribution in [1.82, 2.24) is 20.4 Å². The molecule has 1 amide bonds. The monoisotopic (exact) mass is 283 g/mol. The van der Waals surface area contributed by atoms with Crippen LogP contribution in [0.3, 0.4) is 0 Å². The maximum absolute atomic E-state index is 12.4. The number of nitrogens with zero attached hydrogens (tertiary/aromatic N) is 2. The molecule has 3 aromatic rings. The number of fused-ring (bicyclic) bond motifs is 1. The summed E-state index contributed by atoms with van der Waals surface area (Å²) in [7, 11) is 0. The molecule has 0 radical (unpaired) electrons. The molecule has 106 valence electrons. The number of aromatic amines is 2. The van der Waals surface area contributed by atoms with Crippen molar-refractivity contribution in [2.45, 2.75) is 13.8 Å². The van der Waals surface area contributed by atoms with E-state index >= 15 is 0 Å². The predicted octanol–water partition coefficient (Wildman–Crippen LogP) is 1.52. The van der Waals surface area contributed by atoms with Crippen molar-refractivity contribution in [3.63, 3.8) is 0 Å². The lowest BCUT2D eigenvalue weighted by Crippen LogP contribution is -2.19. The Bertz CT molecular complexity index is 894. The van der Waals surface area contributed by atoms with E-state index in [2.05, 4.69) is 25.7 Å². The molecule has 0 saturated heterocycles. The lowest BCUT2D eigenvalue weighted by atomic mass is 10.1. The van der Waals surface area contributed by atoms with Gasteiger partial charge in [0.15, 0.2) is 11.5 Å². The summed E-state index contributed by atoms with van der Waals surface area (Å²) in [5.41, 5.74) is 1.57. The summed E-state index contributed by atoms with van der Waals surface area (Å²) >= 11 is 0. The molecule has 7 nitrogen and oxygen atoms in total. The molecule has 2 heterocycles. The molecule has 0 unspecified atom stereocenters. The van der Waals surface area contributed by atoms with Crippen LogP contribution in [0.25, 0.3) is 10.8 Å². The minimum atomic E-state index is -0.419. The van der Waals surface area contributed by atoms with Crippen LogP contribution < -0.4 is 10.9 Å². The van der Waals surface area contributed by atoms with Gasteiger partial charge in [0.25, 0.3) is 11.5 Å². The van der Waals surface area contributed by atoms with E-state index in [1.54, 1.807) is 24.3 Å². The fraction of sp³-hybridized carbons (Fsp3) is 0.143. The molecule has 3 N–H and O–H groups in total. The smallest absolute Gasteiger partial charge is 0.277 e. The molecule has 0 bridgehead atoms. The number of amides is 1. The highest BCUT2D eigenvalue weighted by Crippen LogP contribution is 2.17. The average molecular weight is 283 g/mol. The fourth-order valence-electron chi connectivity index (χ4n) is 2.06. The Balaban J connectivity index is 2.05. The van der Waals surface area contributed by atoms with E-state index < -0.39 is 5.91 Å². The minimum absolute atomic E-state index is 0.158. The van der Waals surface area contributed by atoms with Crippen LogP contribution in [0, 0.1) is 13.8 Å². The van der Waals surface area contributed by atoms with E-state index in [1.165, 1.54) is 0 Å². The second-order valence-corrected chi connectivity index (χ2v) is 4.72. The van der Waals surface area contributed by atoms with E-state index in [0.29, 0.717) is 16.6 Å². The lowest BCUT2D eigenvalue weighted by Gasteiger charge is -2.05. The van der Waals surface area contributed by atoms with Crippen molar-refractivity contribution < 1.29 is 4.79 Å². The summed E-state index contributed by atoms with van der Waals surface area (Å²) in [6.07, 6.45) is 0. The molecule has 3 rings (SSSR count). The maximum Gasteiger partial charge on any atom is 0.277 e. The van der Waals surface area contributed by atoms with Gasteiger partial charge < -0.3 is 5.32 Å². The zero-order valence-corrected chi connectivity index (χ0v) is 11.5. The van der Waals surface area contributed by atoms with Gasteiger partial charge in [-0.3, -0.25) is 14.7 Å². The first-order valence-corrected chi connectivity index (χ1v) is 6.38. The molecule has 7 heteroatoms. The second kappa shape index (κ2) is 4.86. The zero-order valence-electron chi connectivity index (χ0n) is 11.5. The van der Waals surface area contributed by atoms with Gasteiger partial charge in [-0.25, -0.2) is 5.10 Å². The number of aromatic nitrogens is 4. The molecule has 0 fully saturated rings. The number of carbonyl (C=O) groups excluding carboxylic acids is 1. The summed E-state index contributed by atoms with van der Waals surface area (Å²) in [6.45, 7) is 3.72. The van der Waals surface area contributed by atoms with Crippen molar-refractivity contribution in [3.8, 4) is 0 Å². The van der Waals surface area contributed by atoms with Crippen LogP contribution in [-0.2, 0) is 0 Å². The molecule has 1 aromatic carbocycles. The Labute approximate surface area is 119 Å². The third-order valence-corrected chi connectivity index (χ3v) is 3.40. The van der Waals surface area contributed by atoms with Crippen LogP contribution >= 0.6 is 0 Å². The molecule has 0 aliphatic heterocycles. The molecular weight excluding hydrogens is 270 g/mol. The molecule has 0 spiro atoms. The predicted molar refractivity (Wildman–Crippen MR) is 78.4 cm³/mol. The van der Waals surface area contributed by atoms with Crippen LogP contribution in [0.15, 0.2) is 29.1 Å². The Hall–Kier alpha value is -2.96. The molecule has 0 atom stereocenters. The number of rotatable bonds is 2. The van der Waals surface area contributed by atoms with E-state index in [4.69, 9.17) is 0 Å². The zero-order chi connectivity index (χ0) is 15.0. The quantitative estimate of drug-likeness (QED) is 0.663. The number of nitrogens with one attached hydrogen (secondary N) is 3. The fourth-order valence-corrected chi connectivity index (χ4v) is 2.06. The van der Waals surface area contributed by atoms with Gasteiger partial charge >= 0.3 is 0 Å². The largest absolute Gasteiger partial charge is 0.303 e. The van der Waals surface area contributed by atoms with Crippen molar-refractivity contribution in [3.05, 3.63) is 51.6 Å². The average Bonchev–Trinajstić information content (AvgIpc) is 2.80. The molecule has 2 aromatic heterocycles. The Morgan fingerprint density at radius 2 is 1.81 bits per heavy atom. The Morgan fingerprint density at radius 3 is 2.48 bits per heavy atom. The van der Waals surface area contributed by atoms with Crippen molar-refractivity contribution in [1.29, 1.82) is 0 Å². The van der Waals surface area contributed by atoms with Crippen molar-refractivity contribution in [2.75, 3.05) is 5.32 Å². The molecule has 0 saturated carbocycles. The number of anilines is 1. The third-order valence-electron chi connectivity index (χ3n) is 3.40. The molecule has 0 aliphatic rings. The topological polar surface area (TPSA) is 104 Å². The van der Waals surface area contributed by atoms with E-state index in [-0.39, 0.29) is 11.3 Å². The normalized spacial score (nSPS) is 10.8. The first-order chi connectivity index (χ1) is 10.1. The Kier molecular flexibility index (Phi) is 3.02. The standard InChI is InChI=1S/C14H13N5O2/c1-7-8(2)16-18-12(7)15-14(21)11-9-5-3-4-6-10(9)13(20)19-17-11/h3-6H,1-2H3,(H,19,20)(H2,15,16,18,21). The number of benzene rings is 1. The first kappa shape index (κ1) is 13.0. The third kappa shape index (κ3) is 2.18. The highest BCUT2D eigenvalue weighted by atomic mass is 16.2. The Morgan fingerprint density at radius 1 is 1.10 bits per heavy atom. The molecule has 0 aliphatic carbocycles. The van der Waals surface area contributed by atoms with Gasteiger partial charge in [-0.05, 0) is 19.9 Å². The number of carbonyl (C=O) groups is 1. The lowest BCUT2D eigenvalue weighted by molar-refractivity contribution is 0.102. The highest BCUT2D eigenvalue weighted by molar-refractivity contribution is 6.10. The summed E-state index contributed by atoms with van der Waals surface area (Å²) in [5, 5.41) is 16.6. The van der Waals surface area contributed by atoms with Crippen LogP contribution in [0.1, 0.15) is 21.7 Å². The van der Waals surface area contributed by atoms with Gasteiger partial charge in [0.2, 0.25) is 0 Å². The van der Waals surface area contributed by atoms with Crippen molar-refractivity contribution in [2.24, 2.45) is 0 Å². The minimum Gasteiger partial charge on any atom is -0.303 e. The van der Waals surface area contributed by atoms with E-state index in [0.717, 1.165) is 11.3 Å². The van der Waals surface area contributed by atoms with Crippen LogP contribution in [0.5, 0.6) is 0 Å². The second-order valence-electron chi connectivity index (χ2n) is 4.72. The number of H-pyrrole nitrogens is 2. The molecule has 21 heavy (non-hydrogen) atoms. The van der Waals surface area contributed by atoms with Gasteiger partial charge in [0, 0.05) is 16.6 Å². The van der Waals surface area contributed by atoms with Gasteiger partial charge in [0.05, 0.1) is 5.39 Å². The summed E-state index contributed by atoms with van der Waals surface area (Å²) in [4.78, 5) is 24.1. The van der Waals surface area contributed by atoms with Crippen molar-refractivity contribution >= 4 is 22.5 Å². The number of aryl methyl sites for hydroxylation is 1. The van der Waals surface area contributed by atoms with Gasteiger partial charge in [-0.15, -0.1) is 0 Å². The molecular formula is C14H13N5O2. The number of hydrogen-bond donors (Lipinski definition) is 3. The van der Waals surface area contributed by atoms with Crippen LogP contribution in [0.2, 0.25) is 0 Å². The maximum atomic E-state index is 12.4. The highest BCUT2D eigenvalue weighted by Gasteiger charge is 2.16. The van der Waals surface area contributed by atoms with Gasteiger partial charge in [-0.1, -0.05) is 18.2 Å². The van der Waals surface area contributed by atoms with Crippen LogP contribution in [-0.4, -0.2) is 26.3 Å². The summed E-state index contributed by atoms with van der Waals surface area (Å²) in [6, 6.07) is 6.83. The van der Waals surface area contributed by atoms with Gasteiger partial charge in [0.1, 0.15) is 0 Å². The van der Waals surface area contributed by atoms with Gasteiger partial charge in [-0.2, -0.15) is 10.2 Å².